The van der Waals surface area contributed by atoms with Crippen LogP contribution in [0, 0.1) is 23.2 Å². The van der Waals surface area contributed by atoms with Gasteiger partial charge in [-0.15, -0.1) is 0 Å². The molecule has 1 aromatic carbocycles. The molecular formula is C14H13N3O3. The van der Waals surface area contributed by atoms with Crippen LogP contribution in [-0.4, -0.2) is 17.8 Å². The summed E-state index contributed by atoms with van der Waals surface area (Å²) in [5, 5.41) is 10.9. The van der Waals surface area contributed by atoms with Crippen LogP contribution in [0.1, 0.15) is 19.4 Å². The molecule has 6 nitrogen and oxygen atoms in total. The lowest BCUT2D eigenvalue weighted by Gasteiger charge is -2.31. The van der Waals surface area contributed by atoms with Gasteiger partial charge in [-0.3, -0.25) is 14.9 Å². The number of carbonyl (C=O) groups excluding carboxylic acids is 3. The van der Waals surface area contributed by atoms with Gasteiger partial charge in [0.05, 0.1) is 17.3 Å². The summed E-state index contributed by atoms with van der Waals surface area (Å²) < 4.78 is 0. The van der Waals surface area contributed by atoms with Gasteiger partial charge in [-0.05, 0) is 30.2 Å². The number of anilines is 1. The Morgan fingerprint density at radius 1 is 1.20 bits per heavy atom. The average molecular weight is 271 g/mol. The van der Waals surface area contributed by atoms with Crippen molar-refractivity contribution in [3.8, 4) is 6.07 Å². The zero-order valence-corrected chi connectivity index (χ0v) is 11.1. The van der Waals surface area contributed by atoms with Crippen molar-refractivity contribution < 1.29 is 14.4 Å². The summed E-state index contributed by atoms with van der Waals surface area (Å²) in [6, 6.07) is 7.22. The Morgan fingerprint density at radius 3 is 2.30 bits per heavy atom. The monoisotopic (exact) mass is 271 g/mol. The minimum atomic E-state index is -0.886. The van der Waals surface area contributed by atoms with Gasteiger partial charge in [0.25, 0.3) is 0 Å². The van der Waals surface area contributed by atoms with Gasteiger partial charge >= 0.3 is 6.03 Å². The van der Waals surface area contributed by atoms with E-state index in [2.05, 4.69) is 5.32 Å². The molecule has 102 valence electrons. The quantitative estimate of drug-likeness (QED) is 0.823. The van der Waals surface area contributed by atoms with Gasteiger partial charge in [0, 0.05) is 0 Å². The topological polar surface area (TPSA) is 90.3 Å². The van der Waals surface area contributed by atoms with Crippen molar-refractivity contribution in [2.45, 2.75) is 13.8 Å². The second-order valence-corrected chi connectivity index (χ2v) is 4.85. The molecule has 0 spiro atoms. The Hall–Kier alpha value is -2.68. The maximum atomic E-state index is 12.3. The Morgan fingerprint density at radius 2 is 1.80 bits per heavy atom. The van der Waals surface area contributed by atoms with Crippen LogP contribution in [0.25, 0.3) is 0 Å². The van der Waals surface area contributed by atoms with E-state index in [1.54, 1.807) is 13.8 Å². The van der Waals surface area contributed by atoms with Gasteiger partial charge in [0.15, 0.2) is 0 Å². The van der Waals surface area contributed by atoms with E-state index in [0.717, 1.165) is 4.90 Å². The molecule has 1 aromatic rings. The molecule has 1 atom stereocenters. The first-order valence-electron chi connectivity index (χ1n) is 6.14. The molecule has 1 heterocycles. The van der Waals surface area contributed by atoms with Crippen molar-refractivity contribution in [1.29, 1.82) is 5.26 Å². The third-order valence-electron chi connectivity index (χ3n) is 3.12. The van der Waals surface area contributed by atoms with Crippen molar-refractivity contribution in [2.75, 3.05) is 4.90 Å². The molecule has 2 rings (SSSR count). The molecule has 1 unspecified atom stereocenters. The van der Waals surface area contributed by atoms with Crippen LogP contribution in [-0.2, 0) is 9.59 Å². The molecule has 20 heavy (non-hydrogen) atoms. The number of urea groups is 1. The second kappa shape index (κ2) is 5.13. The fourth-order valence-corrected chi connectivity index (χ4v) is 2.11. The Kier molecular flexibility index (Phi) is 3.53. The van der Waals surface area contributed by atoms with Crippen molar-refractivity contribution in [2.24, 2.45) is 11.8 Å². The number of barbiturate groups is 1. The minimum Gasteiger partial charge on any atom is -0.277 e. The second-order valence-electron chi connectivity index (χ2n) is 4.85. The number of nitrogens with zero attached hydrogens (tertiary/aromatic N) is 2. The van der Waals surface area contributed by atoms with E-state index in [-0.39, 0.29) is 5.92 Å². The van der Waals surface area contributed by atoms with Crippen LogP contribution in [0.4, 0.5) is 10.5 Å². The van der Waals surface area contributed by atoms with Gasteiger partial charge in [0.2, 0.25) is 11.8 Å². The van der Waals surface area contributed by atoms with E-state index in [4.69, 9.17) is 5.26 Å². The lowest BCUT2D eigenvalue weighted by Crippen LogP contribution is -2.59. The molecule has 1 N–H and O–H groups in total. The first-order valence-corrected chi connectivity index (χ1v) is 6.14. The van der Waals surface area contributed by atoms with Gasteiger partial charge < -0.3 is 0 Å². The molecule has 0 aromatic heterocycles. The van der Waals surface area contributed by atoms with E-state index >= 15 is 0 Å². The number of nitriles is 1. The Labute approximate surface area is 116 Å². The molecule has 1 aliphatic rings. The van der Waals surface area contributed by atoms with Crippen LogP contribution >= 0.6 is 0 Å². The number of carbonyl (C=O) groups is 3. The molecule has 0 bridgehead atoms. The number of rotatable bonds is 2. The standard InChI is InChI=1S/C14H13N3O3/c1-8(2)11-12(18)16-14(20)17(13(11)19)10-5-3-9(7-15)4-6-10/h3-6,8,11H,1-2H3,(H,16,18,20). The van der Waals surface area contributed by atoms with Crippen molar-refractivity contribution in [3.05, 3.63) is 29.8 Å². The minimum absolute atomic E-state index is 0.212. The number of amides is 4. The molecule has 1 fully saturated rings. The Bertz CT molecular complexity index is 614. The highest BCUT2D eigenvalue weighted by Gasteiger charge is 2.42. The van der Waals surface area contributed by atoms with Crippen molar-refractivity contribution in [1.82, 2.24) is 5.32 Å². The molecule has 0 radical (unpaired) electrons. The van der Waals surface area contributed by atoms with Gasteiger partial charge in [-0.1, -0.05) is 13.8 Å². The fraction of sp³-hybridized carbons (Fsp3) is 0.286. The summed E-state index contributed by atoms with van der Waals surface area (Å²) in [4.78, 5) is 36.8. The smallest absolute Gasteiger partial charge is 0.277 e. The normalized spacial score (nSPS) is 19.0. The van der Waals surface area contributed by atoms with Crippen LogP contribution in [0.2, 0.25) is 0 Å². The highest BCUT2D eigenvalue weighted by molar-refractivity contribution is 6.27. The Balaban J connectivity index is 2.38. The number of benzene rings is 1. The van der Waals surface area contributed by atoms with Gasteiger partial charge in [-0.25, -0.2) is 9.69 Å². The number of hydrogen-bond donors (Lipinski definition) is 1. The zero-order chi connectivity index (χ0) is 14.9. The maximum absolute atomic E-state index is 12.3. The molecule has 1 aliphatic heterocycles. The molecule has 0 aliphatic carbocycles. The summed E-state index contributed by atoms with van der Waals surface area (Å²) >= 11 is 0. The summed E-state index contributed by atoms with van der Waals surface area (Å²) in [7, 11) is 0. The fourth-order valence-electron chi connectivity index (χ4n) is 2.11. The summed E-state index contributed by atoms with van der Waals surface area (Å²) in [5.41, 5.74) is 0.764. The number of hydrogen-bond acceptors (Lipinski definition) is 4. The van der Waals surface area contributed by atoms with E-state index in [1.165, 1.54) is 24.3 Å². The predicted octanol–water partition coefficient (Wildman–Crippen LogP) is 1.41. The number of nitrogens with one attached hydrogen (secondary N) is 1. The van der Waals surface area contributed by atoms with E-state index in [0.29, 0.717) is 11.3 Å². The zero-order valence-electron chi connectivity index (χ0n) is 11.1. The van der Waals surface area contributed by atoms with Gasteiger partial charge in [-0.2, -0.15) is 5.26 Å². The molecular weight excluding hydrogens is 258 g/mol. The van der Waals surface area contributed by atoms with E-state index in [9.17, 15) is 14.4 Å². The maximum Gasteiger partial charge on any atom is 0.335 e. The molecule has 4 amide bonds. The largest absolute Gasteiger partial charge is 0.335 e. The third-order valence-corrected chi connectivity index (χ3v) is 3.12. The van der Waals surface area contributed by atoms with Crippen LogP contribution in [0.5, 0.6) is 0 Å². The van der Waals surface area contributed by atoms with Gasteiger partial charge in [0.1, 0.15) is 5.92 Å². The highest BCUT2D eigenvalue weighted by atomic mass is 16.2. The summed E-state index contributed by atoms with van der Waals surface area (Å²) in [6.45, 7) is 3.49. The molecule has 1 saturated heterocycles. The number of imide groups is 2. The lowest BCUT2D eigenvalue weighted by atomic mass is 9.92. The first kappa shape index (κ1) is 13.7. The highest BCUT2D eigenvalue weighted by Crippen LogP contribution is 2.24. The SMILES string of the molecule is CC(C)C1C(=O)NC(=O)N(c2ccc(C#N)cc2)C1=O. The first-order chi connectivity index (χ1) is 9.45. The predicted molar refractivity (Wildman–Crippen MR) is 70.5 cm³/mol. The molecule has 0 saturated carbocycles. The van der Waals surface area contributed by atoms with Crippen molar-refractivity contribution in [3.63, 3.8) is 0 Å². The van der Waals surface area contributed by atoms with E-state index < -0.39 is 23.8 Å². The van der Waals surface area contributed by atoms with Crippen LogP contribution in [0.15, 0.2) is 24.3 Å². The average Bonchev–Trinajstić information content (AvgIpc) is 2.38. The molecule has 6 heteroatoms. The van der Waals surface area contributed by atoms with Crippen LogP contribution in [0.3, 0.4) is 0 Å². The van der Waals surface area contributed by atoms with Crippen molar-refractivity contribution >= 4 is 23.5 Å². The summed E-state index contributed by atoms with van der Waals surface area (Å²) in [5.74, 6) is -2.21. The van der Waals surface area contributed by atoms with E-state index in [1.807, 2.05) is 6.07 Å². The third kappa shape index (κ3) is 2.26. The van der Waals surface area contributed by atoms with Crippen LogP contribution < -0.4 is 10.2 Å². The summed E-state index contributed by atoms with van der Waals surface area (Å²) in [6.07, 6.45) is 0. The lowest BCUT2D eigenvalue weighted by molar-refractivity contribution is -0.136.